The van der Waals surface area contributed by atoms with Gasteiger partial charge in [-0.15, -0.1) is 0 Å². The Kier molecular flexibility index (Phi) is 2.85. The highest BCUT2D eigenvalue weighted by Crippen LogP contribution is 2.05. The Morgan fingerprint density at radius 3 is 3.08 bits per heavy atom. The zero-order valence-electron chi connectivity index (χ0n) is 7.10. The Bertz CT molecular complexity index is 257. The fourth-order valence-electron chi connectivity index (χ4n) is 1.04. The van der Waals surface area contributed by atoms with E-state index in [0.717, 1.165) is 12.8 Å². The van der Waals surface area contributed by atoms with Crippen LogP contribution in [-0.4, -0.2) is 16.1 Å². The van der Waals surface area contributed by atoms with Gasteiger partial charge in [-0.2, -0.15) is 5.10 Å². The summed E-state index contributed by atoms with van der Waals surface area (Å²) in [7, 11) is 0. The molecule has 66 valence electrons. The Morgan fingerprint density at radius 2 is 2.58 bits per heavy atom. The molecule has 0 amide bonds. The summed E-state index contributed by atoms with van der Waals surface area (Å²) >= 11 is 0. The van der Waals surface area contributed by atoms with Crippen molar-refractivity contribution in [1.82, 2.24) is 9.78 Å². The smallest absolute Gasteiger partial charge is 0.120 e. The van der Waals surface area contributed by atoms with Gasteiger partial charge in [0, 0.05) is 19.2 Å². The minimum absolute atomic E-state index is 0.321. The van der Waals surface area contributed by atoms with E-state index in [4.69, 9.17) is 5.73 Å². The third-order valence-corrected chi connectivity index (χ3v) is 1.65. The van der Waals surface area contributed by atoms with E-state index in [1.54, 1.807) is 17.1 Å². The van der Waals surface area contributed by atoms with Gasteiger partial charge in [-0.05, 0) is 5.92 Å². The molecule has 4 heteroatoms. The summed E-state index contributed by atoms with van der Waals surface area (Å²) in [5.74, 6) is 0.321. The van der Waals surface area contributed by atoms with Crippen molar-refractivity contribution >= 4 is 12.0 Å². The van der Waals surface area contributed by atoms with Crippen LogP contribution >= 0.6 is 0 Å². The number of nitrogen functional groups attached to an aromatic ring is 1. The average Bonchev–Trinajstić information content (AvgIpc) is 2.36. The lowest BCUT2D eigenvalue weighted by molar-refractivity contribution is -0.108. The average molecular weight is 167 g/mol. The van der Waals surface area contributed by atoms with Crippen molar-refractivity contribution in [3.63, 3.8) is 0 Å². The van der Waals surface area contributed by atoms with E-state index in [-0.39, 0.29) is 0 Å². The van der Waals surface area contributed by atoms with Gasteiger partial charge in [0.1, 0.15) is 6.29 Å². The molecular weight excluding hydrogens is 154 g/mol. The molecule has 0 saturated carbocycles. The molecule has 0 fully saturated rings. The van der Waals surface area contributed by atoms with Crippen molar-refractivity contribution in [2.24, 2.45) is 5.92 Å². The molecule has 1 rings (SSSR count). The van der Waals surface area contributed by atoms with Crippen LogP contribution in [-0.2, 0) is 11.3 Å². The van der Waals surface area contributed by atoms with Crippen molar-refractivity contribution in [2.75, 3.05) is 5.73 Å². The summed E-state index contributed by atoms with van der Waals surface area (Å²) in [4.78, 5) is 10.2. The summed E-state index contributed by atoms with van der Waals surface area (Å²) in [6.07, 6.45) is 4.87. The van der Waals surface area contributed by atoms with Crippen molar-refractivity contribution < 1.29 is 4.79 Å². The molecule has 0 aromatic carbocycles. The van der Waals surface area contributed by atoms with Crippen LogP contribution in [0.25, 0.3) is 0 Å². The standard InChI is InChI=1S/C8H13N3O/c1-7(2-3-12)5-11-6-8(9)4-10-11/h3-4,6-7H,2,5,9H2,1H3. The summed E-state index contributed by atoms with van der Waals surface area (Å²) in [6.45, 7) is 2.75. The second-order valence-electron chi connectivity index (χ2n) is 3.00. The first-order chi connectivity index (χ1) is 5.72. The monoisotopic (exact) mass is 167 g/mol. The highest BCUT2D eigenvalue weighted by molar-refractivity contribution is 5.49. The predicted octanol–water partition coefficient (Wildman–Crippen LogP) is 0.690. The number of rotatable bonds is 4. The number of carbonyl (C=O) groups is 1. The Morgan fingerprint density at radius 1 is 1.83 bits per heavy atom. The second-order valence-corrected chi connectivity index (χ2v) is 3.00. The van der Waals surface area contributed by atoms with E-state index >= 15 is 0 Å². The van der Waals surface area contributed by atoms with Gasteiger partial charge in [-0.25, -0.2) is 0 Å². The molecule has 1 heterocycles. The molecule has 0 aliphatic carbocycles. The Balaban J connectivity index is 2.46. The molecule has 2 N–H and O–H groups in total. The van der Waals surface area contributed by atoms with E-state index in [2.05, 4.69) is 5.10 Å². The fraction of sp³-hybridized carbons (Fsp3) is 0.500. The molecule has 12 heavy (non-hydrogen) atoms. The summed E-state index contributed by atoms with van der Waals surface area (Å²) in [5.41, 5.74) is 6.14. The predicted molar refractivity (Wildman–Crippen MR) is 46.5 cm³/mol. The van der Waals surface area contributed by atoms with E-state index in [0.29, 0.717) is 18.0 Å². The van der Waals surface area contributed by atoms with E-state index in [1.807, 2.05) is 6.92 Å². The molecule has 1 aromatic rings. The minimum Gasteiger partial charge on any atom is -0.396 e. The molecule has 0 aliphatic heterocycles. The molecule has 4 nitrogen and oxygen atoms in total. The fourth-order valence-corrected chi connectivity index (χ4v) is 1.04. The zero-order chi connectivity index (χ0) is 8.97. The Labute approximate surface area is 71.4 Å². The lowest BCUT2D eigenvalue weighted by Crippen LogP contribution is -2.08. The van der Waals surface area contributed by atoms with Gasteiger partial charge in [-0.3, -0.25) is 4.68 Å². The van der Waals surface area contributed by atoms with Crippen LogP contribution in [0.2, 0.25) is 0 Å². The normalized spacial score (nSPS) is 12.8. The van der Waals surface area contributed by atoms with Gasteiger partial charge in [0.2, 0.25) is 0 Å². The number of anilines is 1. The Hall–Kier alpha value is -1.32. The molecule has 0 bridgehead atoms. The molecular formula is C8H13N3O. The third kappa shape index (κ3) is 2.38. The third-order valence-electron chi connectivity index (χ3n) is 1.65. The van der Waals surface area contributed by atoms with Crippen LogP contribution in [0.1, 0.15) is 13.3 Å². The molecule has 1 aromatic heterocycles. The number of aldehydes is 1. The van der Waals surface area contributed by atoms with Gasteiger partial charge in [0.25, 0.3) is 0 Å². The maximum atomic E-state index is 10.2. The molecule has 0 spiro atoms. The summed E-state index contributed by atoms with van der Waals surface area (Å²) in [6, 6.07) is 0. The van der Waals surface area contributed by atoms with Crippen molar-refractivity contribution in [3.8, 4) is 0 Å². The maximum absolute atomic E-state index is 10.2. The number of hydrogen-bond donors (Lipinski definition) is 1. The van der Waals surface area contributed by atoms with E-state index in [9.17, 15) is 4.79 Å². The number of hydrogen-bond acceptors (Lipinski definition) is 3. The number of aromatic nitrogens is 2. The quantitative estimate of drug-likeness (QED) is 0.671. The summed E-state index contributed by atoms with van der Waals surface area (Å²) in [5, 5.41) is 4.01. The molecule has 0 saturated heterocycles. The topological polar surface area (TPSA) is 60.9 Å². The van der Waals surface area contributed by atoms with Gasteiger partial charge in [0.15, 0.2) is 0 Å². The van der Waals surface area contributed by atoms with Crippen LogP contribution in [0, 0.1) is 5.92 Å². The van der Waals surface area contributed by atoms with Crippen LogP contribution in [0.5, 0.6) is 0 Å². The van der Waals surface area contributed by atoms with Gasteiger partial charge < -0.3 is 10.5 Å². The summed E-state index contributed by atoms with van der Waals surface area (Å²) < 4.78 is 1.75. The van der Waals surface area contributed by atoms with Crippen LogP contribution in [0.3, 0.4) is 0 Å². The van der Waals surface area contributed by atoms with Gasteiger partial charge in [-0.1, -0.05) is 6.92 Å². The zero-order valence-corrected chi connectivity index (χ0v) is 7.10. The van der Waals surface area contributed by atoms with Crippen molar-refractivity contribution in [2.45, 2.75) is 19.9 Å². The largest absolute Gasteiger partial charge is 0.396 e. The highest BCUT2D eigenvalue weighted by Gasteiger charge is 2.02. The lowest BCUT2D eigenvalue weighted by Gasteiger charge is -2.06. The number of carbonyl (C=O) groups excluding carboxylic acids is 1. The first-order valence-corrected chi connectivity index (χ1v) is 3.94. The van der Waals surface area contributed by atoms with Crippen LogP contribution in [0.15, 0.2) is 12.4 Å². The van der Waals surface area contributed by atoms with Gasteiger partial charge in [0.05, 0.1) is 11.9 Å². The number of nitrogens with two attached hydrogens (primary N) is 1. The lowest BCUT2D eigenvalue weighted by atomic mass is 10.1. The van der Waals surface area contributed by atoms with E-state index < -0.39 is 0 Å². The van der Waals surface area contributed by atoms with Crippen LogP contribution < -0.4 is 5.73 Å². The highest BCUT2D eigenvalue weighted by atomic mass is 16.1. The van der Waals surface area contributed by atoms with Crippen molar-refractivity contribution in [3.05, 3.63) is 12.4 Å². The first-order valence-electron chi connectivity index (χ1n) is 3.94. The van der Waals surface area contributed by atoms with E-state index in [1.165, 1.54) is 0 Å². The molecule has 0 radical (unpaired) electrons. The van der Waals surface area contributed by atoms with Crippen molar-refractivity contribution in [1.29, 1.82) is 0 Å². The molecule has 1 atom stereocenters. The molecule has 1 unspecified atom stereocenters. The first kappa shape index (κ1) is 8.77. The molecule has 0 aliphatic rings. The number of nitrogens with zero attached hydrogens (tertiary/aromatic N) is 2. The maximum Gasteiger partial charge on any atom is 0.120 e. The second kappa shape index (κ2) is 3.90. The van der Waals surface area contributed by atoms with Crippen LogP contribution in [0.4, 0.5) is 5.69 Å². The SMILES string of the molecule is CC(CC=O)Cn1cc(N)cn1. The van der Waals surface area contributed by atoms with Gasteiger partial charge >= 0.3 is 0 Å². The minimum atomic E-state index is 0.321.